The Morgan fingerprint density at radius 2 is 2.00 bits per heavy atom. The van der Waals surface area contributed by atoms with E-state index in [1.807, 2.05) is 11.8 Å². The van der Waals surface area contributed by atoms with E-state index in [0.717, 1.165) is 18.8 Å². The van der Waals surface area contributed by atoms with Crippen LogP contribution >= 0.6 is 11.8 Å². The Bertz CT molecular complexity index is 284. The Labute approximate surface area is 110 Å². The summed E-state index contributed by atoms with van der Waals surface area (Å²) in [6.45, 7) is 6.82. The number of aliphatic imine (C=N–C) groups is 1. The van der Waals surface area contributed by atoms with E-state index in [1.54, 1.807) is 0 Å². The third kappa shape index (κ3) is 3.18. The van der Waals surface area contributed by atoms with Gasteiger partial charge in [0.2, 0.25) is 0 Å². The third-order valence-electron chi connectivity index (χ3n) is 4.56. The number of thioether (sulfide) groups is 1. The zero-order chi connectivity index (χ0) is 12.3. The molecule has 1 N–H and O–H groups in total. The van der Waals surface area contributed by atoms with Crippen LogP contribution in [0, 0.1) is 5.92 Å². The lowest BCUT2D eigenvalue weighted by Gasteiger charge is -2.36. The van der Waals surface area contributed by atoms with Crippen molar-refractivity contribution in [3.8, 4) is 0 Å². The summed E-state index contributed by atoms with van der Waals surface area (Å²) >= 11 is 1.95. The fourth-order valence-corrected chi connectivity index (χ4v) is 3.97. The van der Waals surface area contributed by atoms with Gasteiger partial charge < -0.3 is 5.32 Å². The predicted octanol–water partition coefficient (Wildman–Crippen LogP) is 3.82. The minimum Gasteiger partial charge on any atom is -0.360 e. The minimum absolute atomic E-state index is 0.230. The first-order chi connectivity index (χ1) is 8.17. The standard InChI is InChI=1S/C14H26N2S/c1-4-14(3,5-2)16-13-15-12-9-7-6-8-11(12)10-17-13/h11-12H,4-10H2,1-3H3,(H,15,16). The van der Waals surface area contributed by atoms with Crippen LogP contribution in [0.5, 0.6) is 0 Å². The molecule has 1 heterocycles. The van der Waals surface area contributed by atoms with Crippen molar-refractivity contribution in [3.05, 3.63) is 0 Å². The molecule has 1 saturated carbocycles. The summed E-state index contributed by atoms with van der Waals surface area (Å²) < 4.78 is 0. The van der Waals surface area contributed by atoms with Gasteiger partial charge in [-0.2, -0.15) is 0 Å². The lowest BCUT2D eigenvalue weighted by molar-refractivity contribution is 0.331. The van der Waals surface area contributed by atoms with E-state index in [2.05, 4.69) is 26.1 Å². The van der Waals surface area contributed by atoms with Crippen LogP contribution < -0.4 is 5.32 Å². The van der Waals surface area contributed by atoms with E-state index in [9.17, 15) is 0 Å². The van der Waals surface area contributed by atoms with Crippen molar-refractivity contribution in [1.82, 2.24) is 5.32 Å². The van der Waals surface area contributed by atoms with Gasteiger partial charge in [0, 0.05) is 11.3 Å². The number of nitrogens with one attached hydrogen (secondary N) is 1. The molecule has 2 nitrogen and oxygen atoms in total. The van der Waals surface area contributed by atoms with Gasteiger partial charge in [0.1, 0.15) is 0 Å². The summed E-state index contributed by atoms with van der Waals surface area (Å²) in [6.07, 6.45) is 7.83. The van der Waals surface area contributed by atoms with Crippen LogP contribution in [-0.2, 0) is 0 Å². The van der Waals surface area contributed by atoms with Crippen molar-refractivity contribution in [2.24, 2.45) is 10.9 Å². The summed E-state index contributed by atoms with van der Waals surface area (Å²) in [4.78, 5) is 4.95. The molecule has 1 aliphatic heterocycles. The van der Waals surface area contributed by atoms with Crippen molar-refractivity contribution >= 4 is 16.9 Å². The highest BCUT2D eigenvalue weighted by Crippen LogP contribution is 2.34. The van der Waals surface area contributed by atoms with Gasteiger partial charge in [0.25, 0.3) is 0 Å². The highest BCUT2D eigenvalue weighted by atomic mass is 32.2. The van der Waals surface area contributed by atoms with Crippen LogP contribution in [0.2, 0.25) is 0 Å². The molecule has 0 amide bonds. The van der Waals surface area contributed by atoms with Crippen molar-refractivity contribution < 1.29 is 0 Å². The second kappa shape index (κ2) is 5.64. The lowest BCUT2D eigenvalue weighted by atomic mass is 9.86. The van der Waals surface area contributed by atoms with Gasteiger partial charge in [0.15, 0.2) is 5.17 Å². The summed E-state index contributed by atoms with van der Waals surface area (Å²) in [5.41, 5.74) is 0.230. The fourth-order valence-electron chi connectivity index (χ4n) is 2.68. The topological polar surface area (TPSA) is 24.4 Å². The van der Waals surface area contributed by atoms with Gasteiger partial charge in [-0.15, -0.1) is 0 Å². The molecule has 0 aromatic heterocycles. The Morgan fingerprint density at radius 3 is 2.71 bits per heavy atom. The highest BCUT2D eigenvalue weighted by Gasteiger charge is 2.31. The molecule has 2 rings (SSSR count). The van der Waals surface area contributed by atoms with E-state index in [1.165, 1.54) is 36.6 Å². The van der Waals surface area contributed by atoms with Crippen LogP contribution in [-0.4, -0.2) is 22.5 Å². The third-order valence-corrected chi connectivity index (χ3v) is 5.63. The van der Waals surface area contributed by atoms with E-state index >= 15 is 0 Å². The summed E-state index contributed by atoms with van der Waals surface area (Å²) in [5, 5.41) is 4.89. The molecule has 0 aromatic rings. The van der Waals surface area contributed by atoms with E-state index in [0.29, 0.717) is 6.04 Å². The van der Waals surface area contributed by atoms with Gasteiger partial charge in [-0.05, 0) is 38.5 Å². The quantitative estimate of drug-likeness (QED) is 0.828. The van der Waals surface area contributed by atoms with Gasteiger partial charge in [-0.3, -0.25) is 4.99 Å². The van der Waals surface area contributed by atoms with Crippen molar-refractivity contribution in [2.45, 2.75) is 70.9 Å². The molecule has 1 aliphatic carbocycles. The number of hydrogen-bond acceptors (Lipinski definition) is 3. The Morgan fingerprint density at radius 1 is 1.29 bits per heavy atom. The highest BCUT2D eigenvalue weighted by molar-refractivity contribution is 8.13. The first-order valence-corrected chi connectivity index (χ1v) is 8.14. The largest absolute Gasteiger partial charge is 0.360 e. The Kier molecular flexibility index (Phi) is 4.40. The zero-order valence-corrected chi connectivity index (χ0v) is 12.3. The zero-order valence-electron chi connectivity index (χ0n) is 11.5. The SMILES string of the molecule is CCC(C)(CC)NC1=NC2CCCCC2CS1. The molecule has 1 fully saturated rings. The van der Waals surface area contributed by atoms with Gasteiger partial charge >= 0.3 is 0 Å². The van der Waals surface area contributed by atoms with Gasteiger partial charge in [-0.25, -0.2) is 0 Å². The first-order valence-electron chi connectivity index (χ1n) is 7.15. The predicted molar refractivity (Wildman–Crippen MR) is 77.8 cm³/mol. The molecule has 2 atom stereocenters. The van der Waals surface area contributed by atoms with Crippen molar-refractivity contribution in [2.75, 3.05) is 5.75 Å². The number of rotatable bonds is 3. The molecule has 0 spiro atoms. The molecular weight excluding hydrogens is 228 g/mol. The molecular formula is C14H26N2S. The average molecular weight is 254 g/mol. The van der Waals surface area contributed by atoms with Crippen molar-refractivity contribution in [1.29, 1.82) is 0 Å². The van der Waals surface area contributed by atoms with E-state index in [-0.39, 0.29) is 5.54 Å². The van der Waals surface area contributed by atoms with Crippen LogP contribution in [0.15, 0.2) is 4.99 Å². The maximum atomic E-state index is 4.95. The molecule has 0 aromatic carbocycles. The summed E-state index contributed by atoms with van der Waals surface area (Å²) in [6, 6.07) is 0.616. The number of hydrogen-bond donors (Lipinski definition) is 1. The summed E-state index contributed by atoms with van der Waals surface area (Å²) in [7, 11) is 0. The molecule has 17 heavy (non-hydrogen) atoms. The molecule has 3 heteroatoms. The van der Waals surface area contributed by atoms with E-state index in [4.69, 9.17) is 4.99 Å². The smallest absolute Gasteiger partial charge is 0.157 e. The molecule has 0 saturated heterocycles. The monoisotopic (exact) mass is 254 g/mol. The van der Waals surface area contributed by atoms with Gasteiger partial charge in [-0.1, -0.05) is 38.5 Å². The Balaban J connectivity index is 2.00. The first kappa shape index (κ1) is 13.3. The van der Waals surface area contributed by atoms with Crippen LogP contribution in [0.3, 0.4) is 0 Å². The molecule has 2 aliphatic rings. The normalized spacial score (nSPS) is 29.5. The summed E-state index contributed by atoms with van der Waals surface area (Å²) in [5.74, 6) is 2.13. The maximum Gasteiger partial charge on any atom is 0.157 e. The Hall–Kier alpha value is -0.180. The molecule has 2 unspecified atom stereocenters. The van der Waals surface area contributed by atoms with Crippen LogP contribution in [0.4, 0.5) is 0 Å². The second-order valence-corrected chi connectivity index (χ2v) is 6.76. The molecule has 0 radical (unpaired) electrons. The van der Waals surface area contributed by atoms with Crippen molar-refractivity contribution in [3.63, 3.8) is 0 Å². The minimum atomic E-state index is 0.230. The van der Waals surface area contributed by atoms with E-state index < -0.39 is 0 Å². The number of nitrogens with zero attached hydrogens (tertiary/aromatic N) is 1. The molecule has 0 bridgehead atoms. The number of fused-ring (bicyclic) bond motifs is 1. The average Bonchev–Trinajstić information content (AvgIpc) is 2.38. The maximum absolute atomic E-state index is 4.95. The second-order valence-electron chi connectivity index (χ2n) is 5.75. The lowest BCUT2D eigenvalue weighted by Crippen LogP contribution is -2.46. The van der Waals surface area contributed by atoms with Crippen LogP contribution in [0.1, 0.15) is 59.3 Å². The van der Waals surface area contributed by atoms with Gasteiger partial charge in [0.05, 0.1) is 6.04 Å². The van der Waals surface area contributed by atoms with Crippen LogP contribution in [0.25, 0.3) is 0 Å². The molecule has 98 valence electrons. The number of amidine groups is 1. The fraction of sp³-hybridized carbons (Fsp3) is 0.929.